The monoisotopic (exact) mass is 198 g/mol. The summed E-state index contributed by atoms with van der Waals surface area (Å²) in [7, 11) is 0. The molecular formula is C11H18O3. The maximum atomic E-state index is 11.4. The van der Waals surface area contributed by atoms with Crippen LogP contribution in [0.1, 0.15) is 38.5 Å². The van der Waals surface area contributed by atoms with Gasteiger partial charge in [-0.3, -0.25) is 4.79 Å². The van der Waals surface area contributed by atoms with Gasteiger partial charge in [-0.05, 0) is 31.6 Å². The average Bonchev–Trinajstić information content (AvgIpc) is 2.72. The van der Waals surface area contributed by atoms with Gasteiger partial charge in [-0.25, -0.2) is 0 Å². The highest BCUT2D eigenvalue weighted by atomic mass is 16.5. The Labute approximate surface area is 84.4 Å². The summed E-state index contributed by atoms with van der Waals surface area (Å²) in [6.07, 6.45) is 6.26. The van der Waals surface area contributed by atoms with Crippen molar-refractivity contribution in [2.75, 3.05) is 13.2 Å². The standard InChI is InChI=1S/C11H18O3/c12-10(13)11(6-3-7-14-8-11)9-4-1-2-5-9/h9H,1-8H2,(H,12,13). The lowest BCUT2D eigenvalue weighted by atomic mass is 9.71. The van der Waals surface area contributed by atoms with E-state index < -0.39 is 11.4 Å². The molecule has 3 heteroatoms. The summed E-state index contributed by atoms with van der Waals surface area (Å²) in [6.45, 7) is 1.18. The third-order valence-electron chi connectivity index (χ3n) is 3.83. The molecule has 1 saturated carbocycles. The lowest BCUT2D eigenvalue weighted by molar-refractivity contribution is -0.163. The minimum atomic E-state index is -0.635. The Morgan fingerprint density at radius 1 is 1.29 bits per heavy atom. The molecule has 0 amide bonds. The van der Waals surface area contributed by atoms with Crippen LogP contribution < -0.4 is 0 Å². The first kappa shape index (κ1) is 9.97. The van der Waals surface area contributed by atoms with E-state index in [-0.39, 0.29) is 0 Å². The van der Waals surface area contributed by atoms with Crippen LogP contribution in [0.2, 0.25) is 0 Å². The molecule has 14 heavy (non-hydrogen) atoms. The lowest BCUT2D eigenvalue weighted by Crippen LogP contribution is -2.44. The highest BCUT2D eigenvalue weighted by Gasteiger charge is 2.47. The summed E-state index contributed by atoms with van der Waals surface area (Å²) in [6, 6.07) is 0. The molecule has 1 heterocycles. The molecule has 0 radical (unpaired) electrons. The van der Waals surface area contributed by atoms with E-state index >= 15 is 0 Å². The van der Waals surface area contributed by atoms with Gasteiger partial charge in [0.25, 0.3) is 0 Å². The smallest absolute Gasteiger partial charge is 0.312 e. The van der Waals surface area contributed by atoms with Gasteiger partial charge < -0.3 is 9.84 Å². The van der Waals surface area contributed by atoms with Crippen LogP contribution in [-0.4, -0.2) is 24.3 Å². The zero-order valence-corrected chi connectivity index (χ0v) is 8.50. The highest BCUT2D eigenvalue weighted by molar-refractivity contribution is 5.75. The summed E-state index contributed by atoms with van der Waals surface area (Å²) in [5.74, 6) is -0.274. The lowest BCUT2D eigenvalue weighted by Gasteiger charge is -2.37. The molecule has 0 bridgehead atoms. The van der Waals surface area contributed by atoms with E-state index in [1.165, 1.54) is 12.8 Å². The second kappa shape index (κ2) is 3.89. The minimum absolute atomic E-state index is 0.361. The molecule has 1 atom stereocenters. The predicted molar refractivity (Wildman–Crippen MR) is 52.1 cm³/mol. The van der Waals surface area contributed by atoms with Crippen molar-refractivity contribution in [1.29, 1.82) is 0 Å². The predicted octanol–water partition coefficient (Wildman–Crippen LogP) is 2.06. The van der Waals surface area contributed by atoms with Crippen molar-refractivity contribution in [2.24, 2.45) is 11.3 Å². The third-order valence-corrected chi connectivity index (χ3v) is 3.83. The second-order valence-electron chi connectivity index (χ2n) is 4.60. The van der Waals surface area contributed by atoms with Crippen LogP contribution >= 0.6 is 0 Å². The summed E-state index contributed by atoms with van der Waals surface area (Å²) in [4.78, 5) is 11.4. The number of ether oxygens (including phenoxy) is 1. The Hall–Kier alpha value is -0.570. The highest BCUT2D eigenvalue weighted by Crippen LogP contribution is 2.45. The number of carbonyl (C=O) groups is 1. The van der Waals surface area contributed by atoms with Crippen LogP contribution in [0.4, 0.5) is 0 Å². The molecule has 0 aromatic rings. The Bertz CT molecular complexity index is 213. The molecule has 0 spiro atoms. The van der Waals surface area contributed by atoms with E-state index in [0.29, 0.717) is 12.5 Å². The molecule has 2 aliphatic rings. The van der Waals surface area contributed by atoms with E-state index in [4.69, 9.17) is 4.74 Å². The van der Waals surface area contributed by atoms with Crippen LogP contribution in [-0.2, 0) is 9.53 Å². The van der Waals surface area contributed by atoms with E-state index in [0.717, 1.165) is 32.3 Å². The van der Waals surface area contributed by atoms with E-state index in [1.807, 2.05) is 0 Å². The number of carboxylic acid groups (broad SMARTS) is 1. The van der Waals surface area contributed by atoms with Gasteiger partial charge in [-0.1, -0.05) is 12.8 Å². The third kappa shape index (κ3) is 1.54. The van der Waals surface area contributed by atoms with Crippen LogP contribution in [0.3, 0.4) is 0 Å². The molecule has 0 aromatic heterocycles. The van der Waals surface area contributed by atoms with Crippen molar-refractivity contribution in [3.8, 4) is 0 Å². The van der Waals surface area contributed by atoms with Gasteiger partial charge in [0.15, 0.2) is 0 Å². The molecule has 80 valence electrons. The van der Waals surface area contributed by atoms with Crippen LogP contribution in [0.15, 0.2) is 0 Å². The van der Waals surface area contributed by atoms with Gasteiger partial charge in [-0.2, -0.15) is 0 Å². The van der Waals surface area contributed by atoms with Gasteiger partial charge in [0, 0.05) is 6.61 Å². The molecule has 1 N–H and O–H groups in total. The van der Waals surface area contributed by atoms with Crippen molar-refractivity contribution in [3.05, 3.63) is 0 Å². The van der Waals surface area contributed by atoms with Gasteiger partial charge in [0.1, 0.15) is 0 Å². The fraction of sp³-hybridized carbons (Fsp3) is 0.909. The topological polar surface area (TPSA) is 46.5 Å². The Balaban J connectivity index is 2.15. The maximum absolute atomic E-state index is 11.4. The molecule has 2 rings (SSSR count). The number of aliphatic carboxylic acids is 1. The molecule has 1 aliphatic carbocycles. The molecule has 1 saturated heterocycles. The largest absolute Gasteiger partial charge is 0.481 e. The molecule has 0 aromatic carbocycles. The summed E-state index contributed by atoms with van der Waals surface area (Å²) < 4.78 is 5.38. The van der Waals surface area contributed by atoms with E-state index in [2.05, 4.69) is 0 Å². The van der Waals surface area contributed by atoms with Crippen molar-refractivity contribution in [1.82, 2.24) is 0 Å². The fourth-order valence-corrected chi connectivity index (χ4v) is 2.96. The Morgan fingerprint density at radius 3 is 2.50 bits per heavy atom. The van der Waals surface area contributed by atoms with Gasteiger partial charge in [0.05, 0.1) is 12.0 Å². The molecule has 2 fully saturated rings. The average molecular weight is 198 g/mol. The number of rotatable bonds is 2. The summed E-state index contributed by atoms with van der Waals surface area (Å²) >= 11 is 0. The minimum Gasteiger partial charge on any atom is -0.481 e. The second-order valence-corrected chi connectivity index (χ2v) is 4.60. The normalized spacial score (nSPS) is 34.6. The number of hydrogen-bond donors (Lipinski definition) is 1. The maximum Gasteiger partial charge on any atom is 0.312 e. The van der Waals surface area contributed by atoms with Crippen molar-refractivity contribution < 1.29 is 14.6 Å². The first-order valence-corrected chi connectivity index (χ1v) is 5.57. The van der Waals surface area contributed by atoms with Crippen LogP contribution in [0, 0.1) is 11.3 Å². The zero-order chi connectivity index (χ0) is 10.0. The van der Waals surface area contributed by atoms with E-state index in [1.54, 1.807) is 0 Å². The van der Waals surface area contributed by atoms with Crippen LogP contribution in [0.5, 0.6) is 0 Å². The van der Waals surface area contributed by atoms with Gasteiger partial charge in [-0.15, -0.1) is 0 Å². The molecular weight excluding hydrogens is 180 g/mol. The first-order chi connectivity index (χ1) is 6.76. The first-order valence-electron chi connectivity index (χ1n) is 5.57. The SMILES string of the molecule is O=C(O)C1(C2CCCC2)CCCOC1. The van der Waals surface area contributed by atoms with Crippen molar-refractivity contribution >= 4 is 5.97 Å². The fourth-order valence-electron chi connectivity index (χ4n) is 2.96. The summed E-state index contributed by atoms with van der Waals surface area (Å²) in [5, 5.41) is 9.37. The molecule has 3 nitrogen and oxygen atoms in total. The molecule has 1 unspecified atom stereocenters. The summed E-state index contributed by atoms with van der Waals surface area (Å²) in [5.41, 5.74) is -0.547. The quantitative estimate of drug-likeness (QED) is 0.738. The number of hydrogen-bond acceptors (Lipinski definition) is 2. The van der Waals surface area contributed by atoms with Crippen molar-refractivity contribution in [3.63, 3.8) is 0 Å². The van der Waals surface area contributed by atoms with Gasteiger partial charge >= 0.3 is 5.97 Å². The number of carboxylic acids is 1. The molecule has 1 aliphatic heterocycles. The zero-order valence-electron chi connectivity index (χ0n) is 8.50. The van der Waals surface area contributed by atoms with Gasteiger partial charge in [0.2, 0.25) is 0 Å². The van der Waals surface area contributed by atoms with E-state index in [9.17, 15) is 9.90 Å². The Morgan fingerprint density at radius 2 is 2.00 bits per heavy atom. The van der Waals surface area contributed by atoms with Crippen molar-refractivity contribution in [2.45, 2.75) is 38.5 Å². The Kier molecular flexibility index (Phi) is 2.77. The van der Waals surface area contributed by atoms with Crippen LogP contribution in [0.25, 0.3) is 0 Å².